The Morgan fingerprint density at radius 3 is 2.22 bits per heavy atom. The molecule has 2 aliphatic rings. The van der Waals surface area contributed by atoms with Crippen LogP contribution in [-0.2, 0) is 4.74 Å². The van der Waals surface area contributed by atoms with Crippen molar-refractivity contribution in [1.29, 1.82) is 0 Å². The number of ether oxygens (including phenoxy) is 2. The van der Waals surface area contributed by atoms with Crippen molar-refractivity contribution < 1.29 is 19.5 Å². The zero-order valence-corrected chi connectivity index (χ0v) is 15.9. The summed E-state index contributed by atoms with van der Waals surface area (Å²) in [5.74, 6) is 0.661. The molecule has 0 bridgehead atoms. The predicted molar refractivity (Wildman–Crippen MR) is 103 cm³/mol. The Hall–Kier alpha value is -1.74. The molecule has 0 amide bonds. The van der Waals surface area contributed by atoms with Gasteiger partial charge in [0.25, 0.3) is 5.69 Å². The summed E-state index contributed by atoms with van der Waals surface area (Å²) < 4.78 is 10.8. The Kier molecular flexibility index (Phi) is 10.1. The predicted octanol–water partition coefficient (Wildman–Crippen LogP) is 1.77. The number of likely N-dealkylation sites (tertiary alicyclic amines) is 1. The smallest absolute Gasteiger partial charge is 0.269 e. The van der Waals surface area contributed by atoms with Gasteiger partial charge in [-0.15, -0.1) is 0 Å². The van der Waals surface area contributed by atoms with E-state index in [1.807, 2.05) is 0 Å². The first kappa shape index (κ1) is 21.6. The number of aliphatic hydroxyl groups excluding tert-OH is 1. The van der Waals surface area contributed by atoms with E-state index < -0.39 is 4.92 Å². The lowest BCUT2D eigenvalue weighted by Crippen LogP contribution is -2.38. The summed E-state index contributed by atoms with van der Waals surface area (Å²) >= 11 is 0. The molecule has 2 saturated heterocycles. The fourth-order valence-corrected chi connectivity index (χ4v) is 3.11. The minimum absolute atomic E-state index is 0.0792. The number of hydrogen-bond acceptors (Lipinski definition) is 7. The van der Waals surface area contributed by atoms with Crippen LogP contribution in [0.25, 0.3) is 0 Å². The highest BCUT2D eigenvalue weighted by molar-refractivity contribution is 5.35. The first-order chi connectivity index (χ1) is 13.2. The lowest BCUT2D eigenvalue weighted by Gasteiger charge is -2.26. The lowest BCUT2D eigenvalue weighted by atomic mass is 10.1. The van der Waals surface area contributed by atoms with Crippen molar-refractivity contribution in [1.82, 2.24) is 9.80 Å². The number of nitrogens with zero attached hydrogens (tertiary/aromatic N) is 3. The van der Waals surface area contributed by atoms with E-state index in [1.165, 1.54) is 44.5 Å². The van der Waals surface area contributed by atoms with Gasteiger partial charge in [0.15, 0.2) is 0 Å². The molecule has 2 aliphatic heterocycles. The van der Waals surface area contributed by atoms with Crippen molar-refractivity contribution in [3.8, 4) is 5.75 Å². The van der Waals surface area contributed by atoms with E-state index in [4.69, 9.17) is 14.6 Å². The highest BCUT2D eigenvalue weighted by atomic mass is 16.6. The molecular weight excluding hydrogens is 350 g/mol. The molecule has 1 aromatic carbocycles. The normalized spacial score (nSPS) is 18.4. The van der Waals surface area contributed by atoms with Gasteiger partial charge in [-0.05, 0) is 38.1 Å². The molecule has 8 nitrogen and oxygen atoms in total. The molecule has 3 rings (SSSR count). The topological polar surface area (TPSA) is 88.3 Å². The van der Waals surface area contributed by atoms with Crippen LogP contribution in [0.3, 0.4) is 0 Å². The highest BCUT2D eigenvalue weighted by Gasteiger charge is 2.10. The summed E-state index contributed by atoms with van der Waals surface area (Å²) in [7, 11) is 0. The molecule has 27 heavy (non-hydrogen) atoms. The second kappa shape index (κ2) is 12.6. The van der Waals surface area contributed by atoms with Gasteiger partial charge in [-0.2, -0.15) is 0 Å². The maximum absolute atomic E-state index is 10.5. The molecule has 2 fully saturated rings. The van der Waals surface area contributed by atoms with Gasteiger partial charge in [-0.1, -0.05) is 6.42 Å². The molecule has 2 heterocycles. The van der Waals surface area contributed by atoms with E-state index in [2.05, 4.69) is 9.80 Å². The molecule has 0 aliphatic carbocycles. The molecule has 0 unspecified atom stereocenters. The molecule has 8 heteroatoms. The fourth-order valence-electron chi connectivity index (χ4n) is 3.11. The number of β-amino-alcohol motifs (C(OH)–C–C–N with tert-alkyl or cyclic N) is 1. The van der Waals surface area contributed by atoms with Crippen molar-refractivity contribution >= 4 is 5.69 Å². The molecule has 0 saturated carbocycles. The number of nitro benzene ring substituents is 1. The van der Waals surface area contributed by atoms with Crippen LogP contribution in [0.5, 0.6) is 5.75 Å². The van der Waals surface area contributed by atoms with Crippen molar-refractivity contribution in [3.63, 3.8) is 0 Å². The first-order valence-electron chi connectivity index (χ1n) is 9.69. The van der Waals surface area contributed by atoms with Crippen LogP contribution < -0.4 is 4.74 Å². The SMILES string of the molecule is O=[N+]([O-])c1ccc(OCCN2CCOCC2)cc1.OCCN1CCCCC1. The van der Waals surface area contributed by atoms with Crippen LogP contribution in [0.1, 0.15) is 19.3 Å². The summed E-state index contributed by atoms with van der Waals surface area (Å²) in [6, 6.07) is 6.14. The number of benzene rings is 1. The number of nitro groups is 1. The third-order valence-electron chi connectivity index (χ3n) is 4.69. The molecule has 0 atom stereocenters. The summed E-state index contributed by atoms with van der Waals surface area (Å²) in [5, 5.41) is 19.1. The number of rotatable bonds is 7. The molecule has 152 valence electrons. The van der Waals surface area contributed by atoms with Gasteiger partial charge < -0.3 is 19.5 Å². The van der Waals surface area contributed by atoms with Crippen molar-refractivity contribution in [3.05, 3.63) is 34.4 Å². The molecule has 1 aromatic rings. The monoisotopic (exact) mass is 381 g/mol. The standard InChI is InChI=1S/C12H16N2O4.C7H15NO/c15-14(16)11-1-3-12(4-2-11)18-10-7-13-5-8-17-9-6-13;9-7-6-8-4-2-1-3-5-8/h1-4H,5-10H2;9H,1-7H2. The van der Waals surface area contributed by atoms with E-state index in [0.29, 0.717) is 19.0 Å². The fraction of sp³-hybridized carbons (Fsp3) is 0.684. The van der Waals surface area contributed by atoms with Crippen LogP contribution in [0.2, 0.25) is 0 Å². The molecule has 1 N–H and O–H groups in total. The molecule has 0 spiro atoms. The van der Waals surface area contributed by atoms with Gasteiger partial charge >= 0.3 is 0 Å². The van der Waals surface area contributed by atoms with Gasteiger partial charge in [0, 0.05) is 38.3 Å². The third kappa shape index (κ3) is 8.66. The quantitative estimate of drug-likeness (QED) is 0.569. The van der Waals surface area contributed by atoms with Crippen LogP contribution >= 0.6 is 0 Å². The molecular formula is C19H31N3O5. The average Bonchev–Trinajstić information content (AvgIpc) is 2.71. The second-order valence-electron chi connectivity index (χ2n) is 6.68. The Morgan fingerprint density at radius 2 is 1.63 bits per heavy atom. The van der Waals surface area contributed by atoms with Crippen molar-refractivity contribution in [2.75, 3.05) is 65.7 Å². The molecule has 0 aromatic heterocycles. The Balaban J connectivity index is 0.000000244. The van der Waals surface area contributed by atoms with Crippen molar-refractivity contribution in [2.45, 2.75) is 19.3 Å². The Bertz CT molecular complexity index is 526. The van der Waals surface area contributed by atoms with Crippen LogP contribution in [0.15, 0.2) is 24.3 Å². The van der Waals surface area contributed by atoms with Gasteiger partial charge in [-0.3, -0.25) is 15.0 Å². The number of aliphatic hydroxyl groups is 1. The largest absolute Gasteiger partial charge is 0.492 e. The number of hydrogen-bond donors (Lipinski definition) is 1. The maximum atomic E-state index is 10.5. The number of piperidine rings is 1. The summed E-state index contributed by atoms with van der Waals surface area (Å²) in [6.45, 7) is 8.43. The van der Waals surface area contributed by atoms with Gasteiger partial charge in [0.1, 0.15) is 12.4 Å². The summed E-state index contributed by atoms with van der Waals surface area (Å²) in [6.07, 6.45) is 4.02. The molecule has 0 radical (unpaired) electrons. The van der Waals surface area contributed by atoms with Crippen LogP contribution in [-0.4, -0.2) is 85.5 Å². The van der Waals surface area contributed by atoms with Crippen LogP contribution in [0, 0.1) is 10.1 Å². The van der Waals surface area contributed by atoms with E-state index >= 15 is 0 Å². The highest BCUT2D eigenvalue weighted by Crippen LogP contribution is 2.17. The maximum Gasteiger partial charge on any atom is 0.269 e. The van der Waals surface area contributed by atoms with E-state index in [-0.39, 0.29) is 5.69 Å². The number of morpholine rings is 1. The number of non-ortho nitro benzene ring substituents is 1. The summed E-state index contributed by atoms with van der Waals surface area (Å²) in [4.78, 5) is 14.7. The van der Waals surface area contributed by atoms with E-state index in [1.54, 1.807) is 12.1 Å². The first-order valence-corrected chi connectivity index (χ1v) is 9.69. The minimum atomic E-state index is -0.419. The van der Waals surface area contributed by atoms with Gasteiger partial charge in [-0.25, -0.2) is 0 Å². The van der Waals surface area contributed by atoms with Gasteiger partial charge in [0.05, 0.1) is 24.7 Å². The zero-order valence-electron chi connectivity index (χ0n) is 15.9. The Morgan fingerprint density at radius 1 is 1.00 bits per heavy atom. The Labute approximate surface area is 160 Å². The second-order valence-corrected chi connectivity index (χ2v) is 6.68. The van der Waals surface area contributed by atoms with E-state index in [0.717, 1.165) is 39.4 Å². The lowest BCUT2D eigenvalue weighted by molar-refractivity contribution is -0.384. The minimum Gasteiger partial charge on any atom is -0.492 e. The average molecular weight is 381 g/mol. The van der Waals surface area contributed by atoms with Crippen LogP contribution in [0.4, 0.5) is 5.69 Å². The van der Waals surface area contributed by atoms with Crippen molar-refractivity contribution in [2.24, 2.45) is 0 Å². The summed E-state index contributed by atoms with van der Waals surface area (Å²) in [5.41, 5.74) is 0.0792. The zero-order chi connectivity index (χ0) is 19.3. The van der Waals surface area contributed by atoms with E-state index in [9.17, 15) is 10.1 Å². The van der Waals surface area contributed by atoms with Gasteiger partial charge in [0.2, 0.25) is 0 Å². The third-order valence-corrected chi connectivity index (χ3v) is 4.69.